The Morgan fingerprint density at radius 2 is 2.00 bits per heavy atom. The van der Waals surface area contributed by atoms with Crippen molar-refractivity contribution in [3.63, 3.8) is 0 Å². The number of benzene rings is 2. The second-order valence-corrected chi connectivity index (χ2v) is 8.14. The van der Waals surface area contributed by atoms with Crippen LogP contribution in [0.3, 0.4) is 0 Å². The maximum Gasteiger partial charge on any atom is 0.373 e. The van der Waals surface area contributed by atoms with E-state index in [9.17, 15) is 4.79 Å². The highest BCUT2D eigenvalue weighted by molar-refractivity contribution is 5.86. The number of esters is 1. The molecule has 2 aromatic carbocycles. The van der Waals surface area contributed by atoms with E-state index < -0.39 is 12.3 Å². The molecule has 0 bridgehead atoms. The highest BCUT2D eigenvalue weighted by Gasteiger charge is 2.30. The Bertz CT molecular complexity index is 975. The summed E-state index contributed by atoms with van der Waals surface area (Å²) in [7, 11) is 0. The van der Waals surface area contributed by atoms with Crippen LogP contribution in [-0.2, 0) is 25.4 Å². The zero-order valence-electron chi connectivity index (χ0n) is 18.1. The lowest BCUT2D eigenvalue weighted by Crippen LogP contribution is -2.28. The Hall–Kier alpha value is -2.85. The lowest BCUT2D eigenvalue weighted by atomic mass is 9.90. The van der Waals surface area contributed by atoms with Gasteiger partial charge in [0, 0.05) is 12.3 Å². The van der Waals surface area contributed by atoms with Crippen molar-refractivity contribution in [3.05, 3.63) is 83.6 Å². The summed E-state index contributed by atoms with van der Waals surface area (Å²) in [6, 6.07) is 15.2. The third kappa shape index (κ3) is 4.91. The minimum atomic E-state index is -0.472. The molecule has 31 heavy (non-hydrogen) atoms. The quantitative estimate of drug-likeness (QED) is 0.246. The molecule has 162 valence electrons. The van der Waals surface area contributed by atoms with E-state index in [4.69, 9.17) is 14.2 Å². The molecule has 4 rings (SSSR count). The lowest BCUT2D eigenvalue weighted by molar-refractivity contribution is -0.160. The number of carbonyl (C=O) groups excluding carboxylic acids is 1. The molecule has 0 fully saturated rings. The predicted molar refractivity (Wildman–Crippen MR) is 122 cm³/mol. The molecule has 0 aromatic heterocycles. The van der Waals surface area contributed by atoms with Crippen molar-refractivity contribution in [2.24, 2.45) is 0 Å². The highest BCUT2D eigenvalue weighted by atomic mass is 16.7. The van der Waals surface area contributed by atoms with E-state index in [0.29, 0.717) is 13.0 Å². The van der Waals surface area contributed by atoms with E-state index in [2.05, 4.69) is 56.0 Å². The van der Waals surface area contributed by atoms with Gasteiger partial charge in [0.05, 0.1) is 6.61 Å². The molecule has 4 nitrogen and oxygen atoms in total. The Morgan fingerprint density at radius 1 is 1.16 bits per heavy atom. The van der Waals surface area contributed by atoms with Gasteiger partial charge in [0.25, 0.3) is 0 Å². The fraction of sp³-hybridized carbons (Fsp3) is 0.370. The number of hydrogen-bond donors (Lipinski definition) is 0. The maximum atomic E-state index is 12.5. The van der Waals surface area contributed by atoms with Crippen LogP contribution < -0.4 is 0 Å². The van der Waals surface area contributed by atoms with Gasteiger partial charge in [0.1, 0.15) is 6.61 Å². The standard InChI is InChI=1S/C27H30O4/c1-3-5-8-14-29-26-18-21(17-25(31-26)27(28)30-13-4-2)19-11-12-24-22(15-19)16-20-9-6-7-10-23(20)24/h4,6-7,9-12,15,17,21,26H,2-3,5,8,13-14,16,18H2,1H3/t21-,26+/m0/s1. The van der Waals surface area contributed by atoms with Crippen LogP contribution >= 0.6 is 0 Å². The minimum absolute atomic E-state index is 0.0326. The average Bonchev–Trinajstić information content (AvgIpc) is 3.18. The number of hydrogen-bond acceptors (Lipinski definition) is 4. The van der Waals surface area contributed by atoms with E-state index in [-0.39, 0.29) is 18.3 Å². The van der Waals surface area contributed by atoms with E-state index in [1.54, 1.807) is 6.08 Å². The zero-order valence-corrected chi connectivity index (χ0v) is 18.1. The SMILES string of the molecule is C=CCOC(=O)C1=C[C@H](c2ccc3c(c2)Cc2ccccc2-3)C[C@H](OCCCCC)O1. The van der Waals surface area contributed by atoms with Crippen LogP contribution in [0, 0.1) is 0 Å². The van der Waals surface area contributed by atoms with Gasteiger partial charge >= 0.3 is 5.97 Å². The third-order valence-corrected chi connectivity index (χ3v) is 5.89. The van der Waals surface area contributed by atoms with Crippen LogP contribution in [0.4, 0.5) is 0 Å². The topological polar surface area (TPSA) is 44.8 Å². The summed E-state index contributed by atoms with van der Waals surface area (Å²) in [6.07, 6.45) is 7.82. The zero-order chi connectivity index (χ0) is 21.6. The van der Waals surface area contributed by atoms with Gasteiger partial charge in [-0.1, -0.05) is 74.9 Å². The second kappa shape index (κ2) is 9.97. The molecule has 1 aliphatic heterocycles. The Labute approximate surface area is 184 Å². The Balaban J connectivity index is 1.55. The van der Waals surface area contributed by atoms with Crippen molar-refractivity contribution in [1.82, 2.24) is 0 Å². The molecule has 0 amide bonds. The Morgan fingerprint density at radius 3 is 2.84 bits per heavy atom. The smallest absolute Gasteiger partial charge is 0.373 e. The summed E-state index contributed by atoms with van der Waals surface area (Å²) >= 11 is 0. The molecule has 0 N–H and O–H groups in total. The largest absolute Gasteiger partial charge is 0.458 e. The lowest BCUT2D eigenvalue weighted by Gasteiger charge is -2.29. The highest BCUT2D eigenvalue weighted by Crippen LogP contribution is 2.39. The van der Waals surface area contributed by atoms with Crippen molar-refractivity contribution in [1.29, 1.82) is 0 Å². The summed E-state index contributed by atoms with van der Waals surface area (Å²) in [4.78, 5) is 12.5. The number of carbonyl (C=O) groups is 1. The first kappa shape index (κ1) is 21.4. The van der Waals surface area contributed by atoms with Gasteiger partial charge in [0.15, 0.2) is 0 Å². The van der Waals surface area contributed by atoms with E-state index in [1.165, 1.54) is 27.8 Å². The van der Waals surface area contributed by atoms with E-state index in [1.807, 2.05) is 6.08 Å². The molecular weight excluding hydrogens is 388 g/mol. The summed E-state index contributed by atoms with van der Waals surface area (Å²) < 4.78 is 17.0. The van der Waals surface area contributed by atoms with Gasteiger partial charge in [0.2, 0.25) is 12.0 Å². The van der Waals surface area contributed by atoms with Crippen molar-refractivity contribution in [2.75, 3.05) is 13.2 Å². The average molecular weight is 419 g/mol. The van der Waals surface area contributed by atoms with Crippen molar-refractivity contribution < 1.29 is 19.0 Å². The molecule has 1 heterocycles. The maximum absolute atomic E-state index is 12.5. The monoisotopic (exact) mass is 418 g/mol. The number of allylic oxidation sites excluding steroid dienone is 1. The number of rotatable bonds is 9. The summed E-state index contributed by atoms with van der Waals surface area (Å²) in [6.45, 7) is 6.54. The van der Waals surface area contributed by atoms with Gasteiger partial charge in [-0.05, 0) is 46.7 Å². The third-order valence-electron chi connectivity index (χ3n) is 5.89. The molecule has 0 radical (unpaired) electrons. The first-order valence-electron chi connectivity index (χ1n) is 11.2. The van der Waals surface area contributed by atoms with Crippen molar-refractivity contribution in [2.45, 2.75) is 51.2 Å². The molecule has 0 saturated heterocycles. The van der Waals surface area contributed by atoms with Gasteiger partial charge in [-0.25, -0.2) is 4.79 Å². The number of ether oxygens (including phenoxy) is 3. The van der Waals surface area contributed by atoms with E-state index in [0.717, 1.165) is 25.7 Å². The molecule has 0 unspecified atom stereocenters. The molecule has 0 spiro atoms. The number of unbranched alkanes of at least 4 members (excludes halogenated alkanes) is 2. The molecule has 2 aromatic rings. The normalized spacial score (nSPS) is 19.1. The van der Waals surface area contributed by atoms with Crippen LogP contribution in [0.1, 0.15) is 55.2 Å². The first-order valence-corrected chi connectivity index (χ1v) is 11.2. The van der Waals surface area contributed by atoms with Gasteiger partial charge < -0.3 is 14.2 Å². The van der Waals surface area contributed by atoms with Crippen LogP contribution in [0.25, 0.3) is 11.1 Å². The van der Waals surface area contributed by atoms with Gasteiger partial charge in [-0.15, -0.1) is 0 Å². The fourth-order valence-corrected chi connectivity index (χ4v) is 4.31. The second-order valence-electron chi connectivity index (χ2n) is 8.14. The fourth-order valence-electron chi connectivity index (χ4n) is 4.31. The van der Waals surface area contributed by atoms with Crippen molar-refractivity contribution >= 4 is 5.97 Å². The molecular formula is C27H30O4. The van der Waals surface area contributed by atoms with Gasteiger partial charge in [-0.2, -0.15) is 0 Å². The first-order chi connectivity index (χ1) is 15.2. The minimum Gasteiger partial charge on any atom is -0.458 e. The van der Waals surface area contributed by atoms with Crippen molar-refractivity contribution in [3.8, 4) is 11.1 Å². The van der Waals surface area contributed by atoms with Crippen LogP contribution in [0.2, 0.25) is 0 Å². The van der Waals surface area contributed by atoms with Crippen LogP contribution in [0.15, 0.2) is 67.0 Å². The predicted octanol–water partition coefficient (Wildman–Crippen LogP) is 5.91. The molecule has 0 saturated carbocycles. The Kier molecular flexibility index (Phi) is 6.88. The molecule has 1 aliphatic carbocycles. The van der Waals surface area contributed by atoms with E-state index >= 15 is 0 Å². The van der Waals surface area contributed by atoms with Gasteiger partial charge in [-0.3, -0.25) is 0 Å². The summed E-state index contributed by atoms with van der Waals surface area (Å²) in [5, 5.41) is 0. The molecule has 2 aliphatic rings. The van der Waals surface area contributed by atoms with Crippen LogP contribution in [-0.4, -0.2) is 25.5 Å². The van der Waals surface area contributed by atoms with Crippen LogP contribution in [0.5, 0.6) is 0 Å². The molecule has 4 heteroatoms. The summed E-state index contributed by atoms with van der Waals surface area (Å²) in [5.74, 6) is -0.215. The number of fused-ring (bicyclic) bond motifs is 3. The molecule has 2 atom stereocenters. The summed E-state index contributed by atoms with van der Waals surface area (Å²) in [5.41, 5.74) is 6.48.